The summed E-state index contributed by atoms with van der Waals surface area (Å²) in [5.41, 5.74) is -0.542. The molecule has 0 radical (unpaired) electrons. The zero-order chi connectivity index (χ0) is 21.1. The Morgan fingerprint density at radius 1 is 1.21 bits per heavy atom. The highest BCUT2D eigenvalue weighted by molar-refractivity contribution is 7.86. The van der Waals surface area contributed by atoms with E-state index in [1.807, 2.05) is 0 Å². The normalized spacial score (nSPS) is 22.8. The van der Waals surface area contributed by atoms with Gasteiger partial charge in [-0.3, -0.25) is 9.08 Å². The summed E-state index contributed by atoms with van der Waals surface area (Å²) in [7, 11) is -3.95. The largest absolute Gasteiger partial charge is 0.454 e. The summed E-state index contributed by atoms with van der Waals surface area (Å²) in [5, 5.41) is 9.76. The maximum atomic E-state index is 12.5. The van der Waals surface area contributed by atoms with Gasteiger partial charge in [0.2, 0.25) is 0 Å². The molecule has 1 saturated heterocycles. The van der Waals surface area contributed by atoms with Gasteiger partial charge in [-0.2, -0.15) is 8.42 Å². The molecule has 1 heterocycles. The fourth-order valence-corrected chi connectivity index (χ4v) is 3.46. The Bertz CT molecular complexity index is 803. The highest BCUT2D eigenvalue weighted by Crippen LogP contribution is 2.28. The molecule has 156 valence electrons. The third kappa shape index (κ3) is 5.91. The van der Waals surface area contributed by atoms with Crippen molar-refractivity contribution in [2.75, 3.05) is 19.4 Å². The van der Waals surface area contributed by atoms with Gasteiger partial charge in [0.1, 0.15) is 17.8 Å². The van der Waals surface area contributed by atoms with Crippen LogP contribution in [0.15, 0.2) is 30.3 Å². The highest BCUT2D eigenvalue weighted by atomic mass is 32.2. The molecule has 2 rings (SSSR count). The molecule has 1 fully saturated rings. The number of carbonyl (C=O) groups excluding carboxylic acids is 2. The third-order valence-electron chi connectivity index (χ3n) is 3.89. The maximum Gasteiger partial charge on any atom is 0.410 e. The highest BCUT2D eigenvalue weighted by Gasteiger charge is 2.49. The van der Waals surface area contributed by atoms with Crippen molar-refractivity contribution in [3.05, 3.63) is 35.9 Å². The Kier molecular flexibility index (Phi) is 6.68. The molecule has 28 heavy (non-hydrogen) atoms. The number of esters is 1. The second-order valence-electron chi connectivity index (χ2n) is 7.46. The number of nitrogens with zero attached hydrogens (tertiary/aromatic N) is 1. The van der Waals surface area contributed by atoms with Crippen LogP contribution in [0.3, 0.4) is 0 Å². The Balaban J connectivity index is 2.27. The van der Waals surface area contributed by atoms with Crippen LogP contribution in [0.1, 0.15) is 31.1 Å². The first-order chi connectivity index (χ1) is 12.9. The lowest BCUT2D eigenvalue weighted by Crippen LogP contribution is -2.46. The molecule has 0 unspecified atom stereocenters. The molecule has 1 aromatic rings. The van der Waals surface area contributed by atoms with Gasteiger partial charge in [0.25, 0.3) is 10.1 Å². The number of hydrogen-bond acceptors (Lipinski definition) is 8. The first-order valence-corrected chi connectivity index (χ1v) is 10.5. The van der Waals surface area contributed by atoms with E-state index < -0.39 is 52.6 Å². The van der Waals surface area contributed by atoms with Crippen molar-refractivity contribution < 1.29 is 36.8 Å². The molecule has 1 N–H and O–H groups in total. The molecule has 1 aromatic carbocycles. The van der Waals surface area contributed by atoms with Gasteiger partial charge < -0.3 is 14.6 Å². The van der Waals surface area contributed by atoms with E-state index in [0.717, 1.165) is 11.2 Å². The van der Waals surface area contributed by atoms with Crippen molar-refractivity contribution in [1.29, 1.82) is 0 Å². The molecule has 1 aliphatic rings. The fraction of sp³-hybridized carbons (Fsp3) is 0.556. The van der Waals surface area contributed by atoms with Gasteiger partial charge in [-0.1, -0.05) is 18.2 Å². The zero-order valence-electron chi connectivity index (χ0n) is 16.2. The van der Waals surface area contributed by atoms with Gasteiger partial charge in [-0.05, 0) is 32.9 Å². The number of aliphatic hydroxyl groups is 1. The molecule has 0 aliphatic carbocycles. The molecule has 1 aliphatic heterocycles. The quantitative estimate of drug-likeness (QED) is 0.562. The molecule has 0 spiro atoms. The molecule has 0 bridgehead atoms. The number of benzene rings is 1. The summed E-state index contributed by atoms with van der Waals surface area (Å²) in [6, 6.07) is 7.06. The van der Waals surface area contributed by atoms with E-state index in [2.05, 4.69) is 0 Å². The minimum absolute atomic E-state index is 0.182. The van der Waals surface area contributed by atoms with Gasteiger partial charge in [0.15, 0.2) is 0 Å². The molecule has 0 aromatic heterocycles. The molecular weight excluding hydrogens is 390 g/mol. The summed E-state index contributed by atoms with van der Waals surface area (Å²) in [4.78, 5) is 26.0. The van der Waals surface area contributed by atoms with E-state index in [9.17, 15) is 23.1 Å². The minimum atomic E-state index is -3.95. The minimum Gasteiger partial charge on any atom is -0.454 e. The van der Waals surface area contributed by atoms with Crippen LogP contribution in [0.4, 0.5) is 4.79 Å². The number of hydrogen-bond donors (Lipinski definition) is 1. The predicted molar refractivity (Wildman–Crippen MR) is 99.2 cm³/mol. The van der Waals surface area contributed by atoms with Gasteiger partial charge in [-0.15, -0.1) is 0 Å². The van der Waals surface area contributed by atoms with Crippen LogP contribution in [-0.2, 0) is 23.8 Å². The lowest BCUT2D eigenvalue weighted by Gasteiger charge is -2.28. The van der Waals surface area contributed by atoms with Crippen molar-refractivity contribution in [2.45, 2.75) is 44.6 Å². The van der Waals surface area contributed by atoms with E-state index in [1.165, 1.54) is 0 Å². The van der Waals surface area contributed by atoms with Crippen molar-refractivity contribution in [2.24, 2.45) is 0 Å². The predicted octanol–water partition coefficient (Wildman–Crippen LogP) is 1.17. The topological polar surface area (TPSA) is 119 Å². The van der Waals surface area contributed by atoms with Gasteiger partial charge in [-0.25, -0.2) is 9.59 Å². The molecule has 10 heteroatoms. The number of likely N-dealkylation sites (tertiary alicyclic amines) is 1. The van der Waals surface area contributed by atoms with Gasteiger partial charge in [0, 0.05) is 0 Å². The fourth-order valence-electron chi connectivity index (χ4n) is 2.80. The summed E-state index contributed by atoms with van der Waals surface area (Å²) in [6.45, 7) is 4.24. The van der Waals surface area contributed by atoms with E-state index in [4.69, 9.17) is 13.7 Å². The van der Waals surface area contributed by atoms with Crippen LogP contribution >= 0.6 is 0 Å². The van der Waals surface area contributed by atoms with Gasteiger partial charge in [0.05, 0.1) is 31.0 Å². The summed E-state index contributed by atoms with van der Waals surface area (Å²) in [5.74, 6) is -0.699. The van der Waals surface area contributed by atoms with Crippen molar-refractivity contribution in [1.82, 2.24) is 4.90 Å². The second-order valence-corrected chi connectivity index (χ2v) is 9.06. The molecule has 1 amide bonds. The zero-order valence-corrected chi connectivity index (χ0v) is 17.0. The first kappa shape index (κ1) is 22.1. The Morgan fingerprint density at radius 3 is 2.32 bits per heavy atom. The standard InChI is InChI=1S/C18H25NO8S/c1-18(2,3)26-17(22)19-10-14(15(13(19)11-20)27-28(4,23)24)25-16(21)12-8-6-5-7-9-12/h5-9,13-15,20H,10-11H2,1-4H3/t13-,14+,15-/m0/s1. The molecule has 9 nitrogen and oxygen atoms in total. The van der Waals surface area contributed by atoms with Crippen LogP contribution in [0, 0.1) is 0 Å². The lowest BCUT2D eigenvalue weighted by atomic mass is 10.1. The molecule has 3 atom stereocenters. The Labute approximate surface area is 164 Å². The van der Waals surface area contributed by atoms with E-state index >= 15 is 0 Å². The monoisotopic (exact) mass is 415 g/mol. The lowest BCUT2D eigenvalue weighted by molar-refractivity contribution is -0.000516. The number of aliphatic hydroxyl groups excluding tert-OH is 1. The number of amides is 1. The smallest absolute Gasteiger partial charge is 0.410 e. The molecule has 0 saturated carbocycles. The van der Waals surface area contributed by atoms with Crippen molar-refractivity contribution >= 4 is 22.2 Å². The SMILES string of the molecule is CC(C)(C)OC(=O)N1C[C@@H](OC(=O)c2ccccc2)[C@@H](OS(C)(=O)=O)[C@@H]1CO. The van der Waals surface area contributed by atoms with Crippen LogP contribution in [0.25, 0.3) is 0 Å². The molecular formula is C18H25NO8S. The van der Waals surface area contributed by atoms with Crippen LogP contribution in [0.5, 0.6) is 0 Å². The summed E-state index contributed by atoms with van der Waals surface area (Å²) >= 11 is 0. The van der Waals surface area contributed by atoms with Crippen LogP contribution in [-0.4, -0.2) is 73.7 Å². The van der Waals surface area contributed by atoms with Crippen molar-refractivity contribution in [3.8, 4) is 0 Å². The second kappa shape index (κ2) is 8.46. The summed E-state index contributed by atoms with van der Waals surface area (Å²) in [6.07, 6.45) is -2.30. The number of ether oxygens (including phenoxy) is 2. The summed E-state index contributed by atoms with van der Waals surface area (Å²) < 4.78 is 39.1. The average molecular weight is 415 g/mol. The maximum absolute atomic E-state index is 12.5. The first-order valence-electron chi connectivity index (χ1n) is 8.66. The van der Waals surface area contributed by atoms with E-state index in [-0.39, 0.29) is 12.1 Å². The Hall–Kier alpha value is -2.17. The van der Waals surface area contributed by atoms with Crippen molar-refractivity contribution in [3.63, 3.8) is 0 Å². The third-order valence-corrected chi connectivity index (χ3v) is 4.46. The Morgan fingerprint density at radius 2 is 1.82 bits per heavy atom. The van der Waals surface area contributed by atoms with Gasteiger partial charge >= 0.3 is 12.1 Å². The number of rotatable bonds is 5. The number of carbonyl (C=O) groups is 2. The van der Waals surface area contributed by atoms with Crippen LogP contribution < -0.4 is 0 Å². The van der Waals surface area contributed by atoms with E-state index in [1.54, 1.807) is 51.1 Å². The van der Waals surface area contributed by atoms with E-state index in [0.29, 0.717) is 0 Å². The van der Waals surface area contributed by atoms with Crippen LogP contribution in [0.2, 0.25) is 0 Å². The average Bonchev–Trinajstić information content (AvgIpc) is 2.90.